The van der Waals surface area contributed by atoms with Gasteiger partial charge in [-0.15, -0.1) is 0 Å². The molecule has 0 aromatic carbocycles. The second-order valence-corrected chi connectivity index (χ2v) is 11.1. The minimum absolute atomic E-state index is 0.0814. The van der Waals surface area contributed by atoms with Crippen LogP contribution in [0, 0.1) is 0 Å². The highest BCUT2D eigenvalue weighted by atomic mass is 32.1. The van der Waals surface area contributed by atoms with Gasteiger partial charge in [0.25, 0.3) is 0 Å². The third kappa shape index (κ3) is 27.7. The summed E-state index contributed by atoms with van der Waals surface area (Å²) in [5.74, 6) is -0.776. The van der Waals surface area contributed by atoms with Crippen molar-refractivity contribution in [1.82, 2.24) is 15.1 Å². The van der Waals surface area contributed by atoms with Crippen LogP contribution in [0.4, 0.5) is 0 Å². The summed E-state index contributed by atoms with van der Waals surface area (Å²) in [6.07, 6.45) is 22.8. The first-order chi connectivity index (χ1) is 18.9. The lowest BCUT2D eigenvalue weighted by atomic mass is 10.1. The van der Waals surface area contributed by atoms with Crippen molar-refractivity contribution in [2.24, 2.45) is 0 Å². The minimum Gasteiger partial charge on any atom is -0.481 e. The number of thiocarbonyl (C=S) groups is 1. The average Bonchev–Trinajstić information content (AvgIpc) is 2.90. The van der Waals surface area contributed by atoms with E-state index in [9.17, 15) is 9.59 Å². The Morgan fingerprint density at radius 1 is 0.769 bits per heavy atom. The summed E-state index contributed by atoms with van der Waals surface area (Å²) in [4.78, 5) is 27.0. The van der Waals surface area contributed by atoms with E-state index in [1.54, 1.807) is 0 Å². The van der Waals surface area contributed by atoms with Gasteiger partial charge in [0, 0.05) is 33.5 Å². The molecule has 0 amide bonds. The molecule has 0 heterocycles. The first kappa shape index (κ1) is 37.3. The van der Waals surface area contributed by atoms with Gasteiger partial charge in [-0.3, -0.25) is 9.59 Å². The number of aliphatic carboxylic acids is 1. The largest absolute Gasteiger partial charge is 0.481 e. The summed E-state index contributed by atoms with van der Waals surface area (Å²) < 4.78 is 5.31. The van der Waals surface area contributed by atoms with Crippen LogP contribution in [-0.2, 0) is 14.3 Å². The number of hydrogen-bond acceptors (Lipinski definition) is 5. The molecule has 0 fully saturated rings. The van der Waals surface area contributed by atoms with Crippen LogP contribution in [0.5, 0.6) is 0 Å². The SMILES string of the molecule is CCCCCCC=CCOC(=O)CCCCCCCN(CCCCCCCC(=O)O)CCCNC(=S)N(C)C. The number of allylic oxidation sites excluding steroid dienone is 1. The molecule has 0 aliphatic rings. The molecule has 7 nitrogen and oxygen atoms in total. The van der Waals surface area contributed by atoms with Gasteiger partial charge in [-0.05, 0) is 76.8 Å². The summed E-state index contributed by atoms with van der Waals surface area (Å²) in [6, 6.07) is 0. The Morgan fingerprint density at radius 3 is 1.95 bits per heavy atom. The van der Waals surface area contributed by atoms with Gasteiger partial charge < -0.3 is 25.0 Å². The Kier molecular flexibility index (Phi) is 26.7. The number of nitrogens with one attached hydrogen (secondary N) is 1. The fourth-order valence-corrected chi connectivity index (χ4v) is 4.46. The molecule has 0 spiro atoms. The van der Waals surface area contributed by atoms with Gasteiger partial charge in [0.1, 0.15) is 6.61 Å². The highest BCUT2D eigenvalue weighted by Gasteiger charge is 2.07. The van der Waals surface area contributed by atoms with Gasteiger partial charge >= 0.3 is 11.9 Å². The lowest BCUT2D eigenvalue weighted by Gasteiger charge is -2.23. The molecule has 0 aromatic heterocycles. The average molecular weight is 570 g/mol. The van der Waals surface area contributed by atoms with E-state index in [1.165, 1.54) is 38.5 Å². The summed E-state index contributed by atoms with van der Waals surface area (Å²) >= 11 is 5.31. The highest BCUT2D eigenvalue weighted by molar-refractivity contribution is 7.80. The van der Waals surface area contributed by atoms with Gasteiger partial charge in [0.15, 0.2) is 5.11 Å². The van der Waals surface area contributed by atoms with E-state index in [4.69, 9.17) is 22.1 Å². The van der Waals surface area contributed by atoms with E-state index in [0.717, 1.165) is 95.5 Å². The molecule has 0 unspecified atom stereocenters. The van der Waals surface area contributed by atoms with Gasteiger partial charge in [-0.1, -0.05) is 76.9 Å². The van der Waals surface area contributed by atoms with Crippen LogP contribution in [0.25, 0.3) is 0 Å². The predicted octanol–water partition coefficient (Wildman–Crippen LogP) is 6.95. The number of ether oxygens (including phenoxy) is 1. The van der Waals surface area contributed by atoms with E-state index in [0.29, 0.717) is 13.0 Å². The van der Waals surface area contributed by atoms with Crippen LogP contribution < -0.4 is 5.32 Å². The maximum atomic E-state index is 11.9. The summed E-state index contributed by atoms with van der Waals surface area (Å²) in [6.45, 7) is 6.76. The second-order valence-electron chi connectivity index (χ2n) is 10.8. The van der Waals surface area contributed by atoms with Crippen molar-refractivity contribution >= 4 is 29.3 Å². The van der Waals surface area contributed by atoms with Crippen LogP contribution >= 0.6 is 12.2 Å². The molecule has 0 radical (unpaired) electrons. The lowest BCUT2D eigenvalue weighted by molar-refractivity contribution is -0.142. The first-order valence-corrected chi connectivity index (χ1v) is 16.0. The normalized spacial score (nSPS) is 11.3. The molecule has 0 aromatic rings. The van der Waals surface area contributed by atoms with Crippen molar-refractivity contribution in [1.29, 1.82) is 0 Å². The Bertz CT molecular complexity index is 643. The lowest BCUT2D eigenvalue weighted by Crippen LogP contribution is -2.36. The number of carbonyl (C=O) groups is 2. The zero-order valence-electron chi connectivity index (χ0n) is 25.4. The smallest absolute Gasteiger partial charge is 0.306 e. The summed E-state index contributed by atoms with van der Waals surface area (Å²) in [7, 11) is 3.91. The minimum atomic E-state index is -0.695. The topological polar surface area (TPSA) is 82.1 Å². The van der Waals surface area contributed by atoms with Crippen LogP contribution in [0.3, 0.4) is 0 Å². The molecule has 0 atom stereocenters. The van der Waals surface area contributed by atoms with Crippen molar-refractivity contribution in [3.05, 3.63) is 12.2 Å². The van der Waals surface area contributed by atoms with Crippen molar-refractivity contribution in [2.45, 2.75) is 122 Å². The van der Waals surface area contributed by atoms with Gasteiger partial charge in [0.05, 0.1) is 0 Å². The van der Waals surface area contributed by atoms with E-state index < -0.39 is 5.97 Å². The monoisotopic (exact) mass is 569 g/mol. The third-order valence-corrected chi connectivity index (χ3v) is 7.29. The summed E-state index contributed by atoms with van der Waals surface area (Å²) in [5.41, 5.74) is 0. The number of hydrogen-bond donors (Lipinski definition) is 2. The molecular weight excluding hydrogens is 510 g/mol. The van der Waals surface area contributed by atoms with E-state index in [1.807, 2.05) is 25.1 Å². The van der Waals surface area contributed by atoms with Crippen molar-refractivity contribution in [3.63, 3.8) is 0 Å². The molecule has 0 aliphatic carbocycles. The van der Waals surface area contributed by atoms with Crippen molar-refractivity contribution in [2.75, 3.05) is 46.9 Å². The van der Waals surface area contributed by atoms with E-state index in [-0.39, 0.29) is 12.4 Å². The maximum absolute atomic E-state index is 11.9. The van der Waals surface area contributed by atoms with E-state index in [2.05, 4.69) is 23.2 Å². The van der Waals surface area contributed by atoms with Crippen molar-refractivity contribution in [3.8, 4) is 0 Å². The number of carboxylic acids is 1. The zero-order chi connectivity index (χ0) is 29.0. The number of esters is 1. The van der Waals surface area contributed by atoms with Gasteiger partial charge in [0.2, 0.25) is 0 Å². The van der Waals surface area contributed by atoms with Crippen molar-refractivity contribution < 1.29 is 19.4 Å². The molecule has 2 N–H and O–H groups in total. The molecule has 228 valence electrons. The molecular formula is C31H59N3O4S. The van der Waals surface area contributed by atoms with Gasteiger partial charge in [-0.2, -0.15) is 0 Å². The molecule has 0 bridgehead atoms. The quantitative estimate of drug-likeness (QED) is 0.0476. The highest BCUT2D eigenvalue weighted by Crippen LogP contribution is 2.10. The number of nitrogens with zero attached hydrogens (tertiary/aromatic N) is 2. The van der Waals surface area contributed by atoms with Crippen LogP contribution in [0.15, 0.2) is 12.2 Å². The number of carboxylic acid groups (broad SMARTS) is 1. The van der Waals surface area contributed by atoms with Crippen LogP contribution in [-0.4, -0.2) is 78.8 Å². The molecule has 0 saturated heterocycles. The number of rotatable bonds is 27. The standard InChI is InChI=1S/C31H59N3O4S/c1-4-5-6-7-8-15-20-28-38-30(37)23-17-12-10-14-19-26-34(27-21-24-32-31(39)33(2)3)25-18-13-9-11-16-22-29(35)36/h15,20H,4-14,16-19,21-28H2,1-3H3,(H,32,39)(H,35,36). The van der Waals surface area contributed by atoms with Crippen LogP contribution in [0.2, 0.25) is 0 Å². The second kappa shape index (κ2) is 27.9. The number of carbonyl (C=O) groups excluding carboxylic acids is 1. The zero-order valence-corrected chi connectivity index (χ0v) is 26.2. The fraction of sp³-hybridized carbons (Fsp3) is 0.839. The number of unbranched alkanes of at least 4 members (excludes halogenated alkanes) is 12. The predicted molar refractivity (Wildman–Crippen MR) is 167 cm³/mol. The van der Waals surface area contributed by atoms with E-state index >= 15 is 0 Å². The van der Waals surface area contributed by atoms with Gasteiger partial charge in [-0.25, -0.2) is 0 Å². The molecule has 39 heavy (non-hydrogen) atoms. The Labute approximate surface area is 245 Å². The molecule has 0 aliphatic heterocycles. The molecule has 0 saturated carbocycles. The Hall–Kier alpha value is -1.67. The summed E-state index contributed by atoms with van der Waals surface area (Å²) in [5, 5.41) is 12.8. The Morgan fingerprint density at radius 2 is 1.33 bits per heavy atom. The first-order valence-electron chi connectivity index (χ1n) is 15.6. The van der Waals surface area contributed by atoms with Crippen LogP contribution in [0.1, 0.15) is 122 Å². The molecule has 8 heteroatoms. The maximum Gasteiger partial charge on any atom is 0.306 e. The third-order valence-electron chi connectivity index (χ3n) is 6.79. The fourth-order valence-electron chi connectivity index (χ4n) is 4.36. The molecule has 0 rings (SSSR count). The Balaban J connectivity index is 3.98.